The fourth-order valence-electron chi connectivity index (χ4n) is 1.36. The molecule has 88 valence electrons. The molecule has 0 aliphatic heterocycles. The number of hydrogen-bond acceptors (Lipinski definition) is 3. The highest BCUT2D eigenvalue weighted by Gasteiger charge is 2.11. The molecule has 0 spiro atoms. The van der Waals surface area contributed by atoms with Crippen LogP contribution in [0.4, 0.5) is 5.69 Å². The van der Waals surface area contributed by atoms with Crippen LogP contribution >= 0.6 is 15.9 Å². The van der Waals surface area contributed by atoms with Crippen LogP contribution in [0.15, 0.2) is 28.9 Å². The molecule has 0 saturated carbocycles. The lowest BCUT2D eigenvalue weighted by Crippen LogP contribution is -2.12. The van der Waals surface area contributed by atoms with E-state index in [0.717, 1.165) is 10.0 Å². The van der Waals surface area contributed by atoms with Crippen LogP contribution in [0.1, 0.15) is 16.1 Å². The van der Waals surface area contributed by atoms with Gasteiger partial charge in [0.15, 0.2) is 5.69 Å². The van der Waals surface area contributed by atoms with Gasteiger partial charge in [-0.05, 0) is 40.5 Å². The zero-order valence-corrected chi connectivity index (χ0v) is 11.0. The van der Waals surface area contributed by atoms with Gasteiger partial charge >= 0.3 is 0 Å². The molecule has 5 nitrogen and oxygen atoms in total. The molecular formula is C11H11BrN4O. The third kappa shape index (κ3) is 2.71. The molecule has 0 radical (unpaired) electrons. The van der Waals surface area contributed by atoms with E-state index in [4.69, 9.17) is 0 Å². The van der Waals surface area contributed by atoms with Crippen molar-refractivity contribution in [2.75, 3.05) is 5.32 Å². The Morgan fingerprint density at radius 3 is 2.82 bits per heavy atom. The number of nitrogens with zero attached hydrogens (tertiary/aromatic N) is 3. The number of aromatic nitrogens is 3. The topological polar surface area (TPSA) is 59.8 Å². The monoisotopic (exact) mass is 294 g/mol. The lowest BCUT2D eigenvalue weighted by molar-refractivity contribution is 0.102. The Kier molecular flexibility index (Phi) is 3.23. The number of amides is 1. The van der Waals surface area contributed by atoms with Crippen molar-refractivity contribution in [2.45, 2.75) is 6.92 Å². The Labute approximate surface area is 107 Å². The summed E-state index contributed by atoms with van der Waals surface area (Å²) in [6, 6.07) is 5.71. The van der Waals surface area contributed by atoms with E-state index < -0.39 is 0 Å². The fourth-order valence-corrected chi connectivity index (χ4v) is 1.95. The largest absolute Gasteiger partial charge is 0.319 e. The highest BCUT2D eigenvalue weighted by atomic mass is 79.9. The fraction of sp³-hybridized carbons (Fsp3) is 0.182. The number of rotatable bonds is 2. The molecule has 6 heteroatoms. The number of aryl methyl sites for hydroxylation is 2. The molecule has 0 bridgehead atoms. The van der Waals surface area contributed by atoms with Crippen LogP contribution in [0.25, 0.3) is 0 Å². The van der Waals surface area contributed by atoms with Crippen LogP contribution in [-0.2, 0) is 7.05 Å². The van der Waals surface area contributed by atoms with Gasteiger partial charge in [-0.2, -0.15) is 0 Å². The molecule has 1 amide bonds. The van der Waals surface area contributed by atoms with Crippen molar-refractivity contribution in [1.29, 1.82) is 0 Å². The van der Waals surface area contributed by atoms with Gasteiger partial charge in [-0.1, -0.05) is 11.3 Å². The molecule has 1 aromatic heterocycles. The van der Waals surface area contributed by atoms with Gasteiger partial charge in [0, 0.05) is 11.5 Å². The summed E-state index contributed by atoms with van der Waals surface area (Å²) in [7, 11) is 1.71. The van der Waals surface area contributed by atoms with Gasteiger partial charge in [0.2, 0.25) is 0 Å². The van der Waals surface area contributed by atoms with Crippen molar-refractivity contribution in [1.82, 2.24) is 15.0 Å². The van der Waals surface area contributed by atoms with Gasteiger partial charge in [-0.15, -0.1) is 5.10 Å². The first kappa shape index (κ1) is 11.8. The molecule has 0 aliphatic rings. The van der Waals surface area contributed by atoms with Crippen LogP contribution in [0.5, 0.6) is 0 Å². The Hall–Kier alpha value is -1.69. The molecule has 1 N–H and O–H groups in total. The molecule has 0 saturated heterocycles. The Balaban J connectivity index is 2.18. The van der Waals surface area contributed by atoms with E-state index in [0.29, 0.717) is 11.4 Å². The average Bonchev–Trinajstić information content (AvgIpc) is 2.69. The lowest BCUT2D eigenvalue weighted by Gasteiger charge is -2.06. The highest BCUT2D eigenvalue weighted by Crippen LogP contribution is 2.23. The third-order valence-corrected chi connectivity index (χ3v) is 2.86. The van der Waals surface area contributed by atoms with Crippen LogP contribution in [-0.4, -0.2) is 20.9 Å². The summed E-state index contributed by atoms with van der Waals surface area (Å²) in [6.07, 6.45) is 1.57. The van der Waals surface area contributed by atoms with E-state index in [1.54, 1.807) is 13.2 Å². The second kappa shape index (κ2) is 4.67. The smallest absolute Gasteiger partial charge is 0.277 e. The molecule has 0 aliphatic carbocycles. The van der Waals surface area contributed by atoms with Crippen LogP contribution in [0, 0.1) is 6.92 Å². The molecule has 0 unspecified atom stereocenters. The minimum atomic E-state index is -0.275. The van der Waals surface area contributed by atoms with Gasteiger partial charge in [-0.3, -0.25) is 9.48 Å². The molecule has 2 aromatic rings. The zero-order chi connectivity index (χ0) is 12.4. The second-order valence-corrected chi connectivity index (χ2v) is 4.57. The number of anilines is 1. The van der Waals surface area contributed by atoms with Crippen molar-refractivity contribution in [3.05, 3.63) is 40.1 Å². The number of carbonyl (C=O) groups excluding carboxylic acids is 1. The van der Waals surface area contributed by atoms with Gasteiger partial charge in [0.1, 0.15) is 0 Å². The van der Waals surface area contributed by atoms with Crippen LogP contribution in [0.2, 0.25) is 0 Å². The SMILES string of the molecule is Cc1ccc(NC(=O)c2cn(C)nn2)c(Br)c1. The van der Waals surface area contributed by atoms with Crippen LogP contribution in [0.3, 0.4) is 0 Å². The highest BCUT2D eigenvalue weighted by molar-refractivity contribution is 9.10. The minimum Gasteiger partial charge on any atom is -0.319 e. The maximum absolute atomic E-state index is 11.8. The summed E-state index contributed by atoms with van der Waals surface area (Å²) in [4.78, 5) is 11.8. The van der Waals surface area contributed by atoms with E-state index in [-0.39, 0.29) is 5.91 Å². The summed E-state index contributed by atoms with van der Waals surface area (Å²) in [5.41, 5.74) is 2.13. The second-order valence-electron chi connectivity index (χ2n) is 3.71. The average molecular weight is 295 g/mol. The first-order valence-corrected chi connectivity index (χ1v) is 5.79. The van der Waals surface area contributed by atoms with Crippen LogP contribution < -0.4 is 5.32 Å². The summed E-state index contributed by atoms with van der Waals surface area (Å²) in [5.74, 6) is -0.275. The summed E-state index contributed by atoms with van der Waals surface area (Å²) in [5, 5.41) is 10.2. The minimum absolute atomic E-state index is 0.275. The molecule has 17 heavy (non-hydrogen) atoms. The lowest BCUT2D eigenvalue weighted by atomic mass is 10.2. The number of hydrogen-bond donors (Lipinski definition) is 1. The number of carbonyl (C=O) groups is 1. The molecule has 1 heterocycles. The predicted octanol–water partition coefficient (Wildman–Crippen LogP) is 2.14. The standard InChI is InChI=1S/C11H11BrN4O/c1-7-3-4-9(8(12)5-7)13-11(17)10-6-16(2)15-14-10/h3-6H,1-2H3,(H,13,17). The van der Waals surface area contributed by atoms with E-state index in [9.17, 15) is 4.79 Å². The Bertz CT molecular complexity index is 564. The molecular weight excluding hydrogens is 284 g/mol. The Morgan fingerprint density at radius 2 is 2.24 bits per heavy atom. The molecule has 2 rings (SSSR count). The number of benzene rings is 1. The zero-order valence-electron chi connectivity index (χ0n) is 9.44. The van der Waals surface area contributed by atoms with E-state index in [1.165, 1.54) is 4.68 Å². The maximum Gasteiger partial charge on any atom is 0.277 e. The predicted molar refractivity (Wildman–Crippen MR) is 67.8 cm³/mol. The van der Waals surface area contributed by atoms with Crippen molar-refractivity contribution >= 4 is 27.5 Å². The van der Waals surface area contributed by atoms with Gasteiger partial charge in [0.25, 0.3) is 5.91 Å². The maximum atomic E-state index is 11.8. The van der Waals surface area contributed by atoms with Gasteiger partial charge < -0.3 is 5.32 Å². The molecule has 0 fully saturated rings. The van der Waals surface area contributed by atoms with E-state index in [1.807, 2.05) is 25.1 Å². The van der Waals surface area contributed by atoms with Crippen molar-refractivity contribution in [3.63, 3.8) is 0 Å². The Morgan fingerprint density at radius 1 is 1.47 bits per heavy atom. The quantitative estimate of drug-likeness (QED) is 0.923. The number of halogens is 1. The third-order valence-electron chi connectivity index (χ3n) is 2.21. The molecule has 1 aromatic carbocycles. The van der Waals surface area contributed by atoms with Gasteiger partial charge in [-0.25, -0.2) is 0 Å². The summed E-state index contributed by atoms with van der Waals surface area (Å²) >= 11 is 3.40. The summed E-state index contributed by atoms with van der Waals surface area (Å²) in [6.45, 7) is 1.99. The first-order valence-electron chi connectivity index (χ1n) is 5.00. The number of nitrogens with one attached hydrogen (secondary N) is 1. The first-order chi connectivity index (χ1) is 8.06. The van der Waals surface area contributed by atoms with E-state index in [2.05, 4.69) is 31.6 Å². The van der Waals surface area contributed by atoms with Crippen molar-refractivity contribution in [2.24, 2.45) is 7.05 Å². The normalized spacial score (nSPS) is 10.3. The van der Waals surface area contributed by atoms with E-state index >= 15 is 0 Å². The van der Waals surface area contributed by atoms with Crippen molar-refractivity contribution < 1.29 is 4.79 Å². The van der Waals surface area contributed by atoms with Crippen molar-refractivity contribution in [3.8, 4) is 0 Å². The molecule has 0 atom stereocenters. The summed E-state index contributed by atoms with van der Waals surface area (Å²) < 4.78 is 2.33. The van der Waals surface area contributed by atoms with Gasteiger partial charge in [0.05, 0.1) is 11.9 Å².